The molecule has 0 atom stereocenters. The van der Waals surface area contributed by atoms with Crippen molar-refractivity contribution in [2.75, 3.05) is 5.32 Å². The fourth-order valence-electron chi connectivity index (χ4n) is 2.44. The van der Waals surface area contributed by atoms with Gasteiger partial charge in [0.2, 0.25) is 0 Å². The third kappa shape index (κ3) is 2.61. The number of nitrogens with one attached hydrogen (secondary N) is 1. The van der Waals surface area contributed by atoms with E-state index in [-0.39, 0.29) is 9.92 Å². The molecule has 5 heteroatoms. The maximum Gasteiger partial charge on any atom is 0.324 e. The largest absolute Gasteiger partial charge is 0.381 e. The second kappa shape index (κ2) is 5.01. The lowest BCUT2D eigenvalue weighted by Crippen LogP contribution is -1.98. The Morgan fingerprint density at radius 2 is 2.11 bits per heavy atom. The second-order valence-electron chi connectivity index (χ2n) is 4.74. The van der Waals surface area contributed by atoms with Crippen molar-refractivity contribution in [2.45, 2.75) is 25.8 Å². The van der Waals surface area contributed by atoms with Crippen LogP contribution in [0.2, 0.25) is 0 Å². The summed E-state index contributed by atoms with van der Waals surface area (Å²) in [4.78, 5) is 10.3. The van der Waals surface area contributed by atoms with Gasteiger partial charge in [-0.05, 0) is 48.1 Å². The smallest absolute Gasteiger partial charge is 0.324 e. The fraction of sp³-hybridized carbons (Fsp3) is 0.286. The lowest BCUT2D eigenvalue weighted by Gasteiger charge is -2.07. The molecule has 0 bridgehead atoms. The van der Waals surface area contributed by atoms with Gasteiger partial charge in [0.1, 0.15) is 0 Å². The van der Waals surface area contributed by atoms with Gasteiger partial charge in [-0.15, -0.1) is 0 Å². The molecule has 0 spiro atoms. The molecular weight excluding hydrogens is 260 g/mol. The molecule has 1 aromatic heterocycles. The first-order valence-corrected chi connectivity index (χ1v) is 7.18. The third-order valence-electron chi connectivity index (χ3n) is 3.41. The molecule has 3 rings (SSSR count). The molecule has 2 aromatic rings. The molecule has 19 heavy (non-hydrogen) atoms. The van der Waals surface area contributed by atoms with Crippen molar-refractivity contribution in [2.24, 2.45) is 0 Å². The van der Waals surface area contributed by atoms with Crippen LogP contribution in [0.15, 0.2) is 29.6 Å². The minimum Gasteiger partial charge on any atom is -0.381 e. The normalized spacial score (nSPS) is 13.3. The number of nitrogens with zero attached hydrogens (tertiary/aromatic N) is 1. The Balaban J connectivity index is 1.67. The van der Waals surface area contributed by atoms with Gasteiger partial charge in [0.15, 0.2) is 0 Å². The summed E-state index contributed by atoms with van der Waals surface area (Å²) in [5.74, 6) is 0. The van der Waals surface area contributed by atoms with Gasteiger partial charge in [0.25, 0.3) is 0 Å². The number of hydrogen-bond acceptors (Lipinski definition) is 4. The standard InChI is InChI=1S/C14H14N2O2S/c17-16(18)14-6-10(9-19-14)8-15-13-5-4-11-2-1-3-12(11)7-13/h4-7,9,15H,1-3,8H2. The van der Waals surface area contributed by atoms with Crippen molar-refractivity contribution in [3.63, 3.8) is 0 Å². The van der Waals surface area contributed by atoms with Gasteiger partial charge in [-0.1, -0.05) is 17.4 Å². The molecule has 0 amide bonds. The zero-order valence-corrected chi connectivity index (χ0v) is 11.2. The molecule has 98 valence electrons. The highest BCUT2D eigenvalue weighted by atomic mass is 32.1. The number of aryl methyl sites for hydroxylation is 2. The van der Waals surface area contributed by atoms with Gasteiger partial charge in [-0.3, -0.25) is 10.1 Å². The number of hydrogen-bond donors (Lipinski definition) is 1. The number of rotatable bonds is 4. The van der Waals surface area contributed by atoms with Crippen molar-refractivity contribution in [1.29, 1.82) is 0 Å². The summed E-state index contributed by atoms with van der Waals surface area (Å²) in [6, 6.07) is 8.10. The summed E-state index contributed by atoms with van der Waals surface area (Å²) in [5.41, 5.74) is 4.93. The third-order valence-corrected chi connectivity index (χ3v) is 4.34. The van der Waals surface area contributed by atoms with Gasteiger partial charge >= 0.3 is 5.00 Å². The zero-order valence-electron chi connectivity index (χ0n) is 10.4. The Morgan fingerprint density at radius 1 is 1.26 bits per heavy atom. The lowest BCUT2D eigenvalue weighted by atomic mass is 10.1. The average Bonchev–Trinajstić information content (AvgIpc) is 3.04. The SMILES string of the molecule is O=[N+]([O-])c1cc(CNc2ccc3c(c2)CCC3)cs1. The van der Waals surface area contributed by atoms with E-state index in [0.717, 1.165) is 17.7 Å². The highest BCUT2D eigenvalue weighted by Crippen LogP contribution is 2.26. The number of benzene rings is 1. The van der Waals surface area contributed by atoms with Crippen LogP contribution in [0.25, 0.3) is 0 Å². The van der Waals surface area contributed by atoms with Gasteiger partial charge in [-0.2, -0.15) is 0 Å². The van der Waals surface area contributed by atoms with Crippen molar-refractivity contribution in [3.8, 4) is 0 Å². The van der Waals surface area contributed by atoms with Gasteiger partial charge in [0.05, 0.1) is 4.92 Å². The molecule has 1 aromatic carbocycles. The van der Waals surface area contributed by atoms with Crippen molar-refractivity contribution < 1.29 is 4.92 Å². The van der Waals surface area contributed by atoms with Crippen LogP contribution in [-0.4, -0.2) is 4.92 Å². The van der Waals surface area contributed by atoms with Crippen LogP contribution >= 0.6 is 11.3 Å². The highest BCUT2D eigenvalue weighted by molar-refractivity contribution is 7.13. The minimum absolute atomic E-state index is 0.200. The summed E-state index contributed by atoms with van der Waals surface area (Å²) in [5, 5.41) is 16.0. The molecule has 1 N–H and O–H groups in total. The fourth-order valence-corrected chi connectivity index (χ4v) is 3.17. The summed E-state index contributed by atoms with van der Waals surface area (Å²) < 4.78 is 0. The zero-order chi connectivity index (χ0) is 13.2. The monoisotopic (exact) mass is 274 g/mol. The maximum absolute atomic E-state index is 10.6. The number of anilines is 1. The van der Waals surface area contributed by atoms with E-state index >= 15 is 0 Å². The van der Waals surface area contributed by atoms with Crippen LogP contribution in [0.1, 0.15) is 23.1 Å². The Labute approximate surface area is 115 Å². The van der Waals surface area contributed by atoms with E-state index in [0.29, 0.717) is 6.54 Å². The van der Waals surface area contributed by atoms with Crippen LogP contribution < -0.4 is 5.32 Å². The van der Waals surface area contributed by atoms with E-state index in [2.05, 4.69) is 23.5 Å². The minimum atomic E-state index is -0.344. The molecule has 1 heterocycles. The molecule has 0 saturated heterocycles. The van der Waals surface area contributed by atoms with E-state index in [1.807, 2.05) is 5.38 Å². The maximum atomic E-state index is 10.6. The summed E-state index contributed by atoms with van der Waals surface area (Å²) in [6.45, 7) is 0.628. The molecule has 0 saturated carbocycles. The first-order chi connectivity index (χ1) is 9.22. The molecule has 0 fully saturated rings. The van der Waals surface area contributed by atoms with Crippen LogP contribution in [0, 0.1) is 10.1 Å². The van der Waals surface area contributed by atoms with Gasteiger partial charge in [-0.25, -0.2) is 0 Å². The quantitative estimate of drug-likeness (QED) is 0.682. The predicted octanol–water partition coefficient (Wildman–Crippen LogP) is 3.76. The molecule has 0 aliphatic heterocycles. The highest BCUT2D eigenvalue weighted by Gasteiger charge is 2.12. The lowest BCUT2D eigenvalue weighted by molar-refractivity contribution is -0.380. The first-order valence-electron chi connectivity index (χ1n) is 6.30. The Bertz CT molecular complexity index is 622. The molecule has 1 aliphatic rings. The number of fused-ring (bicyclic) bond motifs is 1. The van der Waals surface area contributed by atoms with E-state index in [9.17, 15) is 10.1 Å². The topological polar surface area (TPSA) is 55.2 Å². The van der Waals surface area contributed by atoms with Crippen molar-refractivity contribution in [1.82, 2.24) is 0 Å². The van der Waals surface area contributed by atoms with Crippen molar-refractivity contribution in [3.05, 3.63) is 56.5 Å². The van der Waals surface area contributed by atoms with Crippen LogP contribution in [0.5, 0.6) is 0 Å². The summed E-state index contributed by atoms with van der Waals surface area (Å²) in [7, 11) is 0. The molecular formula is C14H14N2O2S. The molecule has 1 aliphatic carbocycles. The number of thiophene rings is 1. The van der Waals surface area contributed by atoms with Crippen LogP contribution in [0.4, 0.5) is 10.7 Å². The molecule has 0 unspecified atom stereocenters. The van der Waals surface area contributed by atoms with Gasteiger partial charge < -0.3 is 5.32 Å². The van der Waals surface area contributed by atoms with E-state index in [4.69, 9.17) is 0 Å². The summed E-state index contributed by atoms with van der Waals surface area (Å²) in [6.07, 6.45) is 3.59. The van der Waals surface area contributed by atoms with E-state index in [1.54, 1.807) is 6.07 Å². The van der Waals surface area contributed by atoms with Crippen LogP contribution in [0.3, 0.4) is 0 Å². The number of nitro groups is 1. The predicted molar refractivity (Wildman–Crippen MR) is 76.8 cm³/mol. The second-order valence-corrected chi connectivity index (χ2v) is 5.63. The molecule has 4 nitrogen and oxygen atoms in total. The Hall–Kier alpha value is -1.88. The Morgan fingerprint density at radius 3 is 2.89 bits per heavy atom. The van der Waals surface area contributed by atoms with Crippen molar-refractivity contribution >= 4 is 22.0 Å². The average molecular weight is 274 g/mol. The van der Waals surface area contributed by atoms with Gasteiger partial charge in [0, 0.05) is 23.7 Å². The van der Waals surface area contributed by atoms with E-state index in [1.165, 1.54) is 35.3 Å². The van der Waals surface area contributed by atoms with Crippen LogP contribution in [-0.2, 0) is 19.4 Å². The van der Waals surface area contributed by atoms with E-state index < -0.39 is 0 Å². The Kier molecular flexibility index (Phi) is 3.21. The first kappa shape index (κ1) is 12.2. The summed E-state index contributed by atoms with van der Waals surface area (Å²) >= 11 is 1.17. The molecule has 0 radical (unpaired) electrons.